The fraction of sp³-hybridized carbons (Fsp3) is 0.500. The average Bonchev–Trinajstić information content (AvgIpc) is 2.62. The first-order valence-corrected chi connectivity index (χ1v) is 6.12. The molecule has 1 saturated carbocycles. The minimum atomic E-state index is -0.352. The van der Waals surface area contributed by atoms with Crippen molar-refractivity contribution in [2.45, 2.75) is 39.2 Å². The van der Waals surface area contributed by atoms with E-state index in [4.69, 9.17) is 0 Å². The normalized spacial score (nSPS) is 23.7. The molecule has 0 spiro atoms. The van der Waals surface area contributed by atoms with E-state index in [0.717, 1.165) is 24.8 Å². The molecule has 3 heteroatoms. The van der Waals surface area contributed by atoms with Crippen LogP contribution in [-0.2, 0) is 0 Å². The number of amides is 1. The third-order valence-corrected chi connectivity index (χ3v) is 3.33. The van der Waals surface area contributed by atoms with Gasteiger partial charge in [-0.3, -0.25) is 4.79 Å². The van der Waals surface area contributed by atoms with Gasteiger partial charge in [0.05, 0.1) is 0 Å². The molecule has 17 heavy (non-hydrogen) atoms. The summed E-state index contributed by atoms with van der Waals surface area (Å²) in [6.45, 7) is 3.98. The molecular weight excluding hydrogens is 217 g/mol. The zero-order chi connectivity index (χ0) is 12.4. The SMILES string of the molecule is Cc1cc(F)cc(C(=O)NC2CCC(C)C2)c1. The number of rotatable bonds is 2. The van der Waals surface area contributed by atoms with Crippen molar-refractivity contribution < 1.29 is 9.18 Å². The Morgan fingerprint density at radius 1 is 1.35 bits per heavy atom. The van der Waals surface area contributed by atoms with E-state index in [1.165, 1.54) is 12.1 Å². The monoisotopic (exact) mass is 235 g/mol. The van der Waals surface area contributed by atoms with E-state index in [1.54, 1.807) is 13.0 Å². The van der Waals surface area contributed by atoms with Gasteiger partial charge in [0, 0.05) is 11.6 Å². The number of carbonyl (C=O) groups is 1. The maximum atomic E-state index is 13.2. The van der Waals surface area contributed by atoms with Gasteiger partial charge in [0.25, 0.3) is 5.91 Å². The van der Waals surface area contributed by atoms with Gasteiger partial charge in [-0.05, 0) is 55.9 Å². The van der Waals surface area contributed by atoms with Crippen LogP contribution in [0.4, 0.5) is 4.39 Å². The van der Waals surface area contributed by atoms with Crippen molar-refractivity contribution in [2.75, 3.05) is 0 Å². The molecular formula is C14H18FNO. The lowest BCUT2D eigenvalue weighted by molar-refractivity contribution is 0.0936. The molecule has 1 aromatic carbocycles. The van der Waals surface area contributed by atoms with Crippen LogP contribution in [0.3, 0.4) is 0 Å². The number of halogens is 1. The van der Waals surface area contributed by atoms with Crippen LogP contribution in [-0.4, -0.2) is 11.9 Å². The summed E-state index contributed by atoms with van der Waals surface area (Å²) in [6, 6.07) is 4.69. The van der Waals surface area contributed by atoms with Gasteiger partial charge in [0.2, 0.25) is 0 Å². The standard InChI is InChI=1S/C14H18FNO/c1-9-3-4-13(7-9)16-14(17)11-5-10(2)6-12(15)8-11/h5-6,8-9,13H,3-4,7H2,1-2H3,(H,16,17). The Labute approximate surface area is 101 Å². The summed E-state index contributed by atoms with van der Waals surface area (Å²) >= 11 is 0. The maximum Gasteiger partial charge on any atom is 0.251 e. The van der Waals surface area contributed by atoms with Crippen molar-refractivity contribution in [3.63, 3.8) is 0 Å². The topological polar surface area (TPSA) is 29.1 Å². The zero-order valence-electron chi connectivity index (χ0n) is 10.3. The summed E-state index contributed by atoms with van der Waals surface area (Å²) < 4.78 is 13.2. The van der Waals surface area contributed by atoms with Gasteiger partial charge in [-0.15, -0.1) is 0 Å². The lowest BCUT2D eigenvalue weighted by Crippen LogP contribution is -2.32. The average molecular weight is 235 g/mol. The molecule has 0 bridgehead atoms. The molecule has 1 N–H and O–H groups in total. The first kappa shape index (κ1) is 12.1. The highest BCUT2D eigenvalue weighted by atomic mass is 19.1. The fourth-order valence-corrected chi connectivity index (χ4v) is 2.47. The van der Waals surface area contributed by atoms with Gasteiger partial charge in [0.15, 0.2) is 0 Å². The lowest BCUT2D eigenvalue weighted by Gasteiger charge is -2.12. The van der Waals surface area contributed by atoms with Crippen LogP contribution in [0.5, 0.6) is 0 Å². The van der Waals surface area contributed by atoms with Crippen LogP contribution in [0.1, 0.15) is 42.1 Å². The second-order valence-electron chi connectivity index (χ2n) is 5.11. The summed E-state index contributed by atoms with van der Waals surface area (Å²) in [4.78, 5) is 11.9. The molecule has 92 valence electrons. The molecule has 2 rings (SSSR count). The summed E-state index contributed by atoms with van der Waals surface area (Å²) in [5.41, 5.74) is 1.19. The van der Waals surface area contributed by atoms with Crippen LogP contribution in [0.2, 0.25) is 0 Å². The Kier molecular flexibility index (Phi) is 3.46. The first-order chi connectivity index (χ1) is 8.04. The van der Waals surface area contributed by atoms with Crippen LogP contribution in [0, 0.1) is 18.7 Å². The lowest BCUT2D eigenvalue weighted by atomic mass is 10.1. The maximum absolute atomic E-state index is 13.2. The van der Waals surface area contributed by atoms with E-state index < -0.39 is 0 Å². The number of carbonyl (C=O) groups excluding carboxylic acids is 1. The summed E-state index contributed by atoms with van der Waals surface area (Å²) in [5.74, 6) is 0.163. The van der Waals surface area contributed by atoms with E-state index in [9.17, 15) is 9.18 Å². The number of hydrogen-bond acceptors (Lipinski definition) is 1. The minimum absolute atomic E-state index is 0.160. The van der Waals surface area contributed by atoms with Crippen molar-refractivity contribution in [1.82, 2.24) is 5.32 Å². The predicted molar refractivity (Wildman–Crippen MR) is 65.4 cm³/mol. The number of benzene rings is 1. The molecule has 0 saturated heterocycles. The molecule has 1 aliphatic carbocycles. The zero-order valence-corrected chi connectivity index (χ0v) is 10.3. The van der Waals surface area contributed by atoms with E-state index in [0.29, 0.717) is 11.5 Å². The van der Waals surface area contributed by atoms with Gasteiger partial charge < -0.3 is 5.32 Å². The summed E-state index contributed by atoms with van der Waals surface area (Å²) in [5, 5.41) is 2.97. The van der Waals surface area contributed by atoms with E-state index >= 15 is 0 Å². The fourth-order valence-electron chi connectivity index (χ4n) is 2.47. The second-order valence-corrected chi connectivity index (χ2v) is 5.11. The highest BCUT2D eigenvalue weighted by molar-refractivity contribution is 5.94. The smallest absolute Gasteiger partial charge is 0.251 e. The number of aryl methyl sites for hydroxylation is 1. The largest absolute Gasteiger partial charge is 0.349 e. The molecule has 2 unspecified atom stereocenters. The van der Waals surface area contributed by atoms with Gasteiger partial charge in [0.1, 0.15) is 5.82 Å². The molecule has 0 radical (unpaired) electrons. The van der Waals surface area contributed by atoms with Crippen molar-refractivity contribution in [2.24, 2.45) is 5.92 Å². The summed E-state index contributed by atoms with van der Waals surface area (Å²) in [6.07, 6.45) is 3.22. The molecule has 2 nitrogen and oxygen atoms in total. The Bertz CT molecular complexity index is 410. The van der Waals surface area contributed by atoms with E-state index in [1.807, 2.05) is 0 Å². The second kappa shape index (κ2) is 4.86. The van der Waals surface area contributed by atoms with Crippen LogP contribution in [0.25, 0.3) is 0 Å². The number of hydrogen-bond donors (Lipinski definition) is 1. The van der Waals surface area contributed by atoms with Crippen molar-refractivity contribution >= 4 is 5.91 Å². The predicted octanol–water partition coefficient (Wildman–Crippen LogP) is 3.05. The highest BCUT2D eigenvalue weighted by Gasteiger charge is 2.23. The van der Waals surface area contributed by atoms with Crippen molar-refractivity contribution in [3.05, 3.63) is 35.1 Å². The third kappa shape index (κ3) is 3.05. The molecule has 2 atom stereocenters. The molecule has 0 heterocycles. The van der Waals surface area contributed by atoms with Gasteiger partial charge >= 0.3 is 0 Å². The Morgan fingerprint density at radius 3 is 2.71 bits per heavy atom. The third-order valence-electron chi connectivity index (χ3n) is 3.33. The Morgan fingerprint density at radius 2 is 2.12 bits per heavy atom. The van der Waals surface area contributed by atoms with E-state index in [2.05, 4.69) is 12.2 Å². The van der Waals surface area contributed by atoms with Crippen LogP contribution >= 0.6 is 0 Å². The summed E-state index contributed by atoms with van der Waals surface area (Å²) in [7, 11) is 0. The molecule has 1 fully saturated rings. The number of nitrogens with one attached hydrogen (secondary N) is 1. The molecule has 0 aliphatic heterocycles. The van der Waals surface area contributed by atoms with Gasteiger partial charge in [-0.25, -0.2) is 4.39 Å². The Hall–Kier alpha value is -1.38. The Balaban J connectivity index is 2.04. The van der Waals surface area contributed by atoms with Crippen LogP contribution < -0.4 is 5.32 Å². The van der Waals surface area contributed by atoms with Crippen molar-refractivity contribution in [3.8, 4) is 0 Å². The van der Waals surface area contributed by atoms with Crippen molar-refractivity contribution in [1.29, 1.82) is 0 Å². The molecule has 1 aliphatic rings. The first-order valence-electron chi connectivity index (χ1n) is 6.12. The van der Waals surface area contributed by atoms with E-state index in [-0.39, 0.29) is 17.8 Å². The molecule has 0 aromatic heterocycles. The quantitative estimate of drug-likeness (QED) is 0.838. The van der Waals surface area contributed by atoms with Crippen LogP contribution in [0.15, 0.2) is 18.2 Å². The highest BCUT2D eigenvalue weighted by Crippen LogP contribution is 2.24. The minimum Gasteiger partial charge on any atom is -0.349 e. The molecule has 1 amide bonds. The molecule has 1 aromatic rings. The van der Waals surface area contributed by atoms with Gasteiger partial charge in [-0.1, -0.05) is 6.92 Å². The van der Waals surface area contributed by atoms with Gasteiger partial charge in [-0.2, -0.15) is 0 Å².